The number of aryl methyl sites for hydroxylation is 1. The molecule has 0 unspecified atom stereocenters. The molecule has 0 bridgehead atoms. The molecule has 1 aliphatic rings. The molecule has 1 aromatic rings. The Morgan fingerprint density at radius 1 is 1.47 bits per heavy atom. The van der Waals surface area contributed by atoms with E-state index in [1.807, 2.05) is 36.9 Å². The van der Waals surface area contributed by atoms with Crippen molar-refractivity contribution in [3.8, 4) is 0 Å². The average Bonchev–Trinajstić information content (AvgIpc) is 2.80. The summed E-state index contributed by atoms with van der Waals surface area (Å²) in [6, 6.07) is 6.12. The fraction of sp³-hybridized carbons (Fsp3) is 0.500. The van der Waals surface area contributed by atoms with Crippen LogP contribution in [0.5, 0.6) is 0 Å². The third kappa shape index (κ3) is 2.20. The number of benzene rings is 1. The topological polar surface area (TPSA) is 46.3 Å². The van der Waals surface area contributed by atoms with Gasteiger partial charge in [0.05, 0.1) is 0 Å². The highest BCUT2D eigenvalue weighted by molar-refractivity contribution is 5.96. The Morgan fingerprint density at radius 3 is 2.94 bits per heavy atom. The summed E-state index contributed by atoms with van der Waals surface area (Å²) in [5, 5.41) is 0. The molecule has 1 fully saturated rings. The maximum atomic E-state index is 12.5. The zero-order chi connectivity index (χ0) is 12.4. The van der Waals surface area contributed by atoms with Gasteiger partial charge in [0.25, 0.3) is 5.91 Å². The van der Waals surface area contributed by atoms with Crippen LogP contribution in [0.3, 0.4) is 0 Å². The molecule has 92 valence electrons. The number of rotatable bonds is 2. The summed E-state index contributed by atoms with van der Waals surface area (Å²) in [6.45, 7) is 5.46. The highest BCUT2D eigenvalue weighted by Gasteiger charge is 2.28. The lowest BCUT2D eigenvalue weighted by atomic mass is 10.0. The molecule has 1 amide bonds. The maximum Gasteiger partial charge on any atom is 0.254 e. The van der Waals surface area contributed by atoms with Crippen LogP contribution < -0.4 is 5.73 Å². The predicted octanol–water partition coefficient (Wildman–Crippen LogP) is 1.87. The normalized spacial score (nSPS) is 19.7. The molecule has 3 nitrogen and oxygen atoms in total. The molecule has 1 aliphatic heterocycles. The molecule has 17 heavy (non-hydrogen) atoms. The molecular weight excluding hydrogens is 212 g/mol. The van der Waals surface area contributed by atoms with Crippen LogP contribution in [-0.2, 0) is 0 Å². The smallest absolute Gasteiger partial charge is 0.254 e. The Balaban J connectivity index is 2.28. The Morgan fingerprint density at radius 2 is 2.24 bits per heavy atom. The summed E-state index contributed by atoms with van der Waals surface area (Å²) in [5.74, 6) is 0.138. The zero-order valence-corrected chi connectivity index (χ0v) is 10.6. The van der Waals surface area contributed by atoms with Gasteiger partial charge < -0.3 is 10.6 Å². The van der Waals surface area contributed by atoms with Crippen LogP contribution in [-0.4, -0.2) is 29.9 Å². The minimum Gasteiger partial charge on any atom is -0.334 e. The van der Waals surface area contributed by atoms with Gasteiger partial charge in [-0.15, -0.1) is 0 Å². The third-order valence-corrected chi connectivity index (χ3v) is 3.75. The number of amides is 1. The lowest BCUT2D eigenvalue weighted by Gasteiger charge is -2.24. The van der Waals surface area contributed by atoms with Gasteiger partial charge in [-0.05, 0) is 43.9 Å². The van der Waals surface area contributed by atoms with E-state index >= 15 is 0 Å². The quantitative estimate of drug-likeness (QED) is 0.846. The zero-order valence-electron chi connectivity index (χ0n) is 10.6. The number of hydrogen-bond acceptors (Lipinski definition) is 2. The van der Waals surface area contributed by atoms with Gasteiger partial charge in [0.2, 0.25) is 0 Å². The van der Waals surface area contributed by atoms with Crippen molar-refractivity contribution in [3.63, 3.8) is 0 Å². The summed E-state index contributed by atoms with van der Waals surface area (Å²) >= 11 is 0. The van der Waals surface area contributed by atoms with Gasteiger partial charge in [-0.2, -0.15) is 0 Å². The first-order valence-electron chi connectivity index (χ1n) is 6.22. The van der Waals surface area contributed by atoms with Gasteiger partial charge in [-0.25, -0.2) is 0 Å². The van der Waals surface area contributed by atoms with Gasteiger partial charge in [-0.1, -0.05) is 12.1 Å². The van der Waals surface area contributed by atoms with Gasteiger partial charge in [-0.3, -0.25) is 4.79 Å². The van der Waals surface area contributed by atoms with E-state index in [0.29, 0.717) is 6.54 Å². The number of likely N-dealkylation sites (tertiary alicyclic amines) is 1. The number of carbonyl (C=O) groups is 1. The summed E-state index contributed by atoms with van der Waals surface area (Å²) in [4.78, 5) is 14.4. The Kier molecular flexibility index (Phi) is 3.48. The van der Waals surface area contributed by atoms with Crippen LogP contribution in [0.15, 0.2) is 18.2 Å². The summed E-state index contributed by atoms with van der Waals surface area (Å²) in [5.41, 5.74) is 8.79. The van der Waals surface area contributed by atoms with Crippen molar-refractivity contribution in [2.24, 2.45) is 5.73 Å². The number of carbonyl (C=O) groups excluding carboxylic acids is 1. The first-order valence-corrected chi connectivity index (χ1v) is 6.22. The SMILES string of the molecule is Cc1cccc(C(=O)N2CCC[C@@H]2CN)c1C. The summed E-state index contributed by atoms with van der Waals surface area (Å²) in [6.07, 6.45) is 2.10. The predicted molar refractivity (Wildman–Crippen MR) is 69.0 cm³/mol. The highest BCUT2D eigenvalue weighted by Crippen LogP contribution is 2.22. The number of nitrogens with two attached hydrogens (primary N) is 1. The van der Waals surface area contributed by atoms with Crippen molar-refractivity contribution in [1.29, 1.82) is 0 Å². The summed E-state index contributed by atoms with van der Waals surface area (Å²) < 4.78 is 0. The van der Waals surface area contributed by atoms with E-state index in [2.05, 4.69) is 0 Å². The van der Waals surface area contributed by atoms with Gasteiger partial charge in [0.15, 0.2) is 0 Å². The van der Waals surface area contributed by atoms with Gasteiger partial charge >= 0.3 is 0 Å². The van der Waals surface area contributed by atoms with Crippen molar-refractivity contribution in [1.82, 2.24) is 4.90 Å². The van der Waals surface area contributed by atoms with E-state index in [4.69, 9.17) is 5.73 Å². The van der Waals surface area contributed by atoms with Crippen LogP contribution >= 0.6 is 0 Å². The fourth-order valence-corrected chi connectivity index (χ4v) is 2.49. The van der Waals surface area contributed by atoms with E-state index in [1.165, 1.54) is 5.56 Å². The van der Waals surface area contributed by atoms with Crippen LogP contribution in [0.1, 0.15) is 34.3 Å². The fourth-order valence-electron chi connectivity index (χ4n) is 2.49. The molecule has 2 N–H and O–H groups in total. The van der Waals surface area contributed by atoms with E-state index in [9.17, 15) is 4.79 Å². The molecule has 2 rings (SSSR count). The van der Waals surface area contributed by atoms with Crippen LogP contribution in [0, 0.1) is 13.8 Å². The highest BCUT2D eigenvalue weighted by atomic mass is 16.2. The van der Waals surface area contributed by atoms with E-state index < -0.39 is 0 Å². The molecule has 3 heteroatoms. The van der Waals surface area contributed by atoms with E-state index in [-0.39, 0.29) is 11.9 Å². The van der Waals surface area contributed by atoms with Crippen LogP contribution in [0.4, 0.5) is 0 Å². The molecule has 0 spiro atoms. The molecule has 0 saturated carbocycles. The van der Waals surface area contributed by atoms with Crippen molar-refractivity contribution in [3.05, 3.63) is 34.9 Å². The average molecular weight is 232 g/mol. The molecular formula is C14H20N2O. The van der Waals surface area contributed by atoms with Crippen LogP contribution in [0.25, 0.3) is 0 Å². The third-order valence-electron chi connectivity index (χ3n) is 3.75. The first-order chi connectivity index (χ1) is 8.15. The number of nitrogens with zero attached hydrogens (tertiary/aromatic N) is 1. The summed E-state index contributed by atoms with van der Waals surface area (Å²) in [7, 11) is 0. The second-order valence-electron chi connectivity index (χ2n) is 4.78. The minimum atomic E-state index is 0.138. The standard InChI is InChI=1S/C14H20N2O/c1-10-5-3-7-13(11(10)2)14(17)16-8-4-6-12(16)9-15/h3,5,7,12H,4,6,8-9,15H2,1-2H3/t12-/m1/s1. The van der Waals surface area contributed by atoms with Crippen molar-refractivity contribution < 1.29 is 4.79 Å². The van der Waals surface area contributed by atoms with E-state index in [1.54, 1.807) is 0 Å². The van der Waals surface area contributed by atoms with Crippen molar-refractivity contribution >= 4 is 5.91 Å². The molecule has 0 aromatic heterocycles. The lowest BCUT2D eigenvalue weighted by Crippen LogP contribution is -2.40. The van der Waals surface area contributed by atoms with Crippen molar-refractivity contribution in [2.75, 3.05) is 13.1 Å². The largest absolute Gasteiger partial charge is 0.334 e. The minimum absolute atomic E-state index is 0.138. The molecule has 1 atom stereocenters. The van der Waals surface area contributed by atoms with Gasteiger partial charge in [0.1, 0.15) is 0 Å². The molecule has 1 heterocycles. The number of hydrogen-bond donors (Lipinski definition) is 1. The monoisotopic (exact) mass is 232 g/mol. The Labute approximate surface area is 103 Å². The van der Waals surface area contributed by atoms with Gasteiger partial charge in [0, 0.05) is 24.7 Å². The molecule has 1 saturated heterocycles. The van der Waals surface area contributed by atoms with E-state index in [0.717, 1.165) is 30.5 Å². The second kappa shape index (κ2) is 4.88. The molecule has 0 aliphatic carbocycles. The van der Waals surface area contributed by atoms with Crippen LogP contribution in [0.2, 0.25) is 0 Å². The maximum absolute atomic E-state index is 12.5. The Hall–Kier alpha value is -1.35. The lowest BCUT2D eigenvalue weighted by molar-refractivity contribution is 0.0740. The molecule has 0 radical (unpaired) electrons. The van der Waals surface area contributed by atoms with Crippen molar-refractivity contribution in [2.45, 2.75) is 32.7 Å². The first kappa shape index (κ1) is 12.1. The Bertz CT molecular complexity index is 428. The second-order valence-corrected chi connectivity index (χ2v) is 4.78. The molecule has 1 aromatic carbocycles.